The molecule has 1 fully saturated rings. The number of nitrogens with one attached hydrogen (secondary N) is 7. The van der Waals surface area contributed by atoms with Gasteiger partial charge in [0.1, 0.15) is 41.8 Å². The first-order chi connectivity index (χ1) is 31.0. The number of aliphatic hydroxyl groups excluding tert-OH is 2. The number of nitrogens with zero attached hydrogens (tertiary/aromatic N) is 1. The standard InChI is InChI=1S/C43H65N9O13S/c1-22(2)18-30(47-35(57)26(44)19-24-20-45-27-11-8-7-10-25(24)27)36(58)48-31(21-53)37(59)50-34(23(3)54)39(61)51-43(4,5)42(65)49-28(13-14-33(55)56)40(62)52-16-9-12-32(52)38(60)46-29(41(63)64)15-17-66-6/h7-8,10-11,20,22-23,26,28-32,34,45,53-54H,9,12-19,21,44H2,1-6H3,(H,46,60)(H,47,57)(H,48,58)(H,49,65)(H,50,59)(H,51,61)(H,55,56)(H,63,64)/t23-,26+,28+,29+,30+,31+,32+,34+/m1/s1. The van der Waals surface area contributed by atoms with E-state index in [2.05, 4.69) is 36.9 Å². The van der Waals surface area contributed by atoms with Crippen LogP contribution in [0.1, 0.15) is 78.7 Å². The summed E-state index contributed by atoms with van der Waals surface area (Å²) in [5, 5.41) is 55.2. The number of rotatable bonds is 26. The van der Waals surface area contributed by atoms with E-state index in [0.717, 1.165) is 28.3 Å². The quantitative estimate of drug-likeness (QED) is 0.0509. The molecule has 0 spiro atoms. The molecule has 22 nitrogen and oxygen atoms in total. The summed E-state index contributed by atoms with van der Waals surface area (Å²) in [6.45, 7) is 6.31. The van der Waals surface area contributed by atoms with E-state index in [1.807, 2.05) is 24.3 Å². The van der Waals surface area contributed by atoms with E-state index in [4.69, 9.17) is 5.73 Å². The number of aromatic nitrogens is 1. The lowest BCUT2D eigenvalue weighted by molar-refractivity contribution is -0.145. The third-order valence-electron chi connectivity index (χ3n) is 11.0. The number of amides is 7. The molecule has 2 aromatic rings. The van der Waals surface area contributed by atoms with Gasteiger partial charge in [-0.3, -0.25) is 38.4 Å². The van der Waals surface area contributed by atoms with Crippen molar-refractivity contribution in [1.29, 1.82) is 0 Å². The van der Waals surface area contributed by atoms with Gasteiger partial charge in [0.05, 0.1) is 18.8 Å². The number of hydrogen-bond donors (Lipinski definition) is 12. The number of aliphatic carboxylic acids is 2. The van der Waals surface area contributed by atoms with Crippen LogP contribution in [0.5, 0.6) is 0 Å². The summed E-state index contributed by atoms with van der Waals surface area (Å²) in [5.41, 5.74) is 6.00. The summed E-state index contributed by atoms with van der Waals surface area (Å²) >= 11 is 1.39. The van der Waals surface area contributed by atoms with Crippen LogP contribution >= 0.6 is 11.8 Å². The van der Waals surface area contributed by atoms with E-state index in [-0.39, 0.29) is 38.1 Å². The van der Waals surface area contributed by atoms with Gasteiger partial charge >= 0.3 is 11.9 Å². The van der Waals surface area contributed by atoms with Gasteiger partial charge in [0.2, 0.25) is 41.4 Å². The molecule has 1 saturated heterocycles. The molecule has 366 valence electrons. The second kappa shape index (κ2) is 25.2. The molecule has 3 rings (SSSR count). The van der Waals surface area contributed by atoms with Crippen LogP contribution in [0.15, 0.2) is 30.5 Å². The number of carboxylic acids is 2. The van der Waals surface area contributed by atoms with Gasteiger partial charge in [-0.25, -0.2) is 4.79 Å². The normalized spacial score (nSPS) is 17.1. The molecule has 1 aliphatic heterocycles. The van der Waals surface area contributed by atoms with Crippen LogP contribution in [0.4, 0.5) is 0 Å². The highest BCUT2D eigenvalue weighted by Crippen LogP contribution is 2.22. The Morgan fingerprint density at radius 3 is 2.12 bits per heavy atom. The lowest BCUT2D eigenvalue weighted by Crippen LogP contribution is -2.65. The summed E-state index contributed by atoms with van der Waals surface area (Å²) in [6, 6.07) is -2.07. The first-order valence-electron chi connectivity index (χ1n) is 21.7. The second-order valence-corrected chi connectivity index (χ2v) is 18.3. The van der Waals surface area contributed by atoms with Gasteiger partial charge in [-0.05, 0) is 88.9 Å². The average Bonchev–Trinajstić information content (AvgIpc) is 3.91. The maximum Gasteiger partial charge on any atom is 0.326 e. The smallest absolute Gasteiger partial charge is 0.326 e. The van der Waals surface area contributed by atoms with Crippen LogP contribution in [0.2, 0.25) is 0 Å². The van der Waals surface area contributed by atoms with Gasteiger partial charge in [-0.2, -0.15) is 11.8 Å². The molecular formula is C43H65N9O13S. The number of carbonyl (C=O) groups is 9. The number of thioether (sulfide) groups is 1. The molecule has 0 unspecified atom stereocenters. The number of hydrogen-bond acceptors (Lipinski definition) is 13. The van der Waals surface area contributed by atoms with Gasteiger partial charge in [-0.15, -0.1) is 0 Å². The maximum absolute atomic E-state index is 13.9. The number of carboxylic acid groups (broad SMARTS) is 2. The minimum absolute atomic E-state index is 0.0534. The molecule has 8 atom stereocenters. The Morgan fingerprint density at radius 2 is 1.52 bits per heavy atom. The van der Waals surface area contributed by atoms with Crippen molar-refractivity contribution in [1.82, 2.24) is 41.8 Å². The number of carbonyl (C=O) groups excluding carboxylic acids is 7. The van der Waals surface area contributed by atoms with Crippen LogP contribution < -0.4 is 37.6 Å². The average molecular weight is 948 g/mol. The zero-order valence-electron chi connectivity index (χ0n) is 38.0. The first-order valence-corrected chi connectivity index (χ1v) is 23.1. The van der Waals surface area contributed by atoms with Crippen LogP contribution in [-0.4, -0.2) is 163 Å². The summed E-state index contributed by atoms with van der Waals surface area (Å²) in [5.74, 6) is -8.45. The van der Waals surface area contributed by atoms with Crippen LogP contribution in [0.3, 0.4) is 0 Å². The van der Waals surface area contributed by atoms with E-state index >= 15 is 0 Å². The maximum atomic E-state index is 13.9. The minimum Gasteiger partial charge on any atom is -0.481 e. The number of para-hydroxylation sites is 1. The molecule has 0 bridgehead atoms. The predicted molar refractivity (Wildman–Crippen MR) is 242 cm³/mol. The highest BCUT2D eigenvalue weighted by atomic mass is 32.2. The third-order valence-corrected chi connectivity index (χ3v) is 11.6. The Labute approximate surface area is 386 Å². The second-order valence-electron chi connectivity index (χ2n) is 17.3. The Bertz CT molecular complexity index is 2060. The zero-order chi connectivity index (χ0) is 49.5. The number of aliphatic hydroxyl groups is 2. The van der Waals surface area contributed by atoms with Gasteiger partial charge in [0.25, 0.3) is 0 Å². The number of nitrogens with two attached hydrogens (primary N) is 1. The van der Waals surface area contributed by atoms with E-state index in [9.17, 15) is 63.6 Å². The lowest BCUT2D eigenvalue weighted by atomic mass is 10.00. The molecule has 0 saturated carbocycles. The lowest BCUT2D eigenvalue weighted by Gasteiger charge is -2.33. The van der Waals surface area contributed by atoms with E-state index in [1.165, 1.54) is 25.6 Å². The highest BCUT2D eigenvalue weighted by molar-refractivity contribution is 7.98. The fraction of sp³-hybridized carbons (Fsp3) is 0.605. The van der Waals surface area contributed by atoms with Crippen LogP contribution in [0.25, 0.3) is 10.9 Å². The molecule has 0 aliphatic carbocycles. The van der Waals surface area contributed by atoms with Gasteiger partial charge in [0.15, 0.2) is 0 Å². The first kappa shape index (κ1) is 54.6. The van der Waals surface area contributed by atoms with Crippen molar-refractivity contribution in [2.24, 2.45) is 11.7 Å². The van der Waals surface area contributed by atoms with E-state index in [0.29, 0.717) is 12.2 Å². The monoisotopic (exact) mass is 947 g/mol. The summed E-state index contributed by atoms with van der Waals surface area (Å²) in [6.07, 6.45) is 1.85. The predicted octanol–water partition coefficient (Wildman–Crippen LogP) is -1.53. The van der Waals surface area contributed by atoms with E-state index < -0.39 is 127 Å². The van der Waals surface area contributed by atoms with Crippen molar-refractivity contribution >= 4 is 76.0 Å². The minimum atomic E-state index is -1.90. The zero-order valence-corrected chi connectivity index (χ0v) is 38.9. The molecule has 13 N–H and O–H groups in total. The molecule has 2 heterocycles. The SMILES string of the molecule is CSCC[C@H](NC(=O)[C@@H]1CCCN1C(=O)[C@H](CCC(=O)O)NC(=O)C(C)(C)NC(=O)[C@@H](NC(=O)[C@H](CO)NC(=O)[C@H](CC(C)C)NC(=O)[C@@H](N)Cc1c[nH]c2ccccc12)[C@@H](C)O)C(=O)O. The number of aromatic amines is 1. The fourth-order valence-electron chi connectivity index (χ4n) is 7.31. The van der Waals surface area contributed by atoms with Crippen molar-refractivity contribution in [2.75, 3.05) is 25.2 Å². The van der Waals surface area contributed by atoms with Crippen molar-refractivity contribution in [3.8, 4) is 0 Å². The molecule has 66 heavy (non-hydrogen) atoms. The molecule has 1 aliphatic rings. The van der Waals surface area contributed by atoms with E-state index in [1.54, 1.807) is 26.3 Å². The third kappa shape index (κ3) is 15.7. The summed E-state index contributed by atoms with van der Waals surface area (Å²) in [7, 11) is 0. The Balaban J connectivity index is 1.69. The molecule has 23 heteroatoms. The van der Waals surface area contributed by atoms with Crippen molar-refractivity contribution in [3.05, 3.63) is 36.0 Å². The Kier molecular flexibility index (Phi) is 20.8. The van der Waals surface area contributed by atoms with Gasteiger partial charge in [-0.1, -0.05) is 32.0 Å². The number of fused-ring (bicyclic) bond motifs is 1. The molecule has 0 radical (unpaired) electrons. The number of likely N-dealkylation sites (tertiary alicyclic amines) is 1. The largest absolute Gasteiger partial charge is 0.481 e. The Hall–Kier alpha value is -5.78. The van der Waals surface area contributed by atoms with Crippen molar-refractivity contribution in [3.63, 3.8) is 0 Å². The topological polar surface area (TPSA) is 352 Å². The molecule has 1 aromatic heterocycles. The van der Waals surface area contributed by atoms with Gasteiger partial charge < -0.3 is 67.9 Å². The molecular weight excluding hydrogens is 883 g/mol. The van der Waals surface area contributed by atoms with Crippen molar-refractivity contribution in [2.45, 2.75) is 134 Å². The number of H-pyrrole nitrogens is 1. The van der Waals surface area contributed by atoms with Crippen molar-refractivity contribution < 1.29 is 63.6 Å². The summed E-state index contributed by atoms with van der Waals surface area (Å²) in [4.78, 5) is 122. The van der Waals surface area contributed by atoms with Crippen LogP contribution in [0, 0.1) is 5.92 Å². The highest BCUT2D eigenvalue weighted by Gasteiger charge is 2.42. The fourth-order valence-corrected chi connectivity index (χ4v) is 7.78. The Morgan fingerprint density at radius 1 is 0.864 bits per heavy atom. The molecule has 7 amide bonds. The molecule has 1 aromatic carbocycles. The summed E-state index contributed by atoms with van der Waals surface area (Å²) < 4.78 is 0. The van der Waals surface area contributed by atoms with Gasteiger partial charge in [0, 0.05) is 30.1 Å². The van der Waals surface area contributed by atoms with Crippen LogP contribution in [-0.2, 0) is 49.6 Å². The number of benzene rings is 1.